The number of fused-ring (bicyclic) bond motifs is 1. The molecule has 0 bridgehead atoms. The fraction of sp³-hybridized carbons (Fsp3) is 0.360. The highest BCUT2D eigenvalue weighted by Gasteiger charge is 2.37. The van der Waals surface area contributed by atoms with Crippen LogP contribution in [0.3, 0.4) is 0 Å². The fourth-order valence-corrected chi connectivity index (χ4v) is 6.37. The van der Waals surface area contributed by atoms with Gasteiger partial charge in [-0.2, -0.15) is 5.10 Å². The van der Waals surface area contributed by atoms with E-state index in [0.29, 0.717) is 10.4 Å². The Morgan fingerprint density at radius 1 is 0.909 bits per heavy atom. The normalized spacial score (nSPS) is 17.8. The fourth-order valence-electron chi connectivity index (χ4n) is 5.23. The molecule has 8 heteroatoms. The highest BCUT2D eigenvalue weighted by Crippen LogP contribution is 2.46. The van der Waals surface area contributed by atoms with Gasteiger partial charge in [-0.3, -0.25) is 0 Å². The lowest BCUT2D eigenvalue weighted by atomic mass is 9.77. The minimum Gasteiger partial charge on any atom is -0.355 e. The van der Waals surface area contributed by atoms with Crippen molar-refractivity contribution in [2.45, 2.75) is 48.4 Å². The Labute approximate surface area is 202 Å². The molecule has 0 radical (unpaired) electrons. The maximum Gasteiger partial charge on any atom is 0.154 e. The van der Waals surface area contributed by atoms with E-state index in [0.717, 1.165) is 45.6 Å². The number of halogens is 1. The van der Waals surface area contributed by atoms with Gasteiger partial charge >= 0.3 is 0 Å². The Bertz CT molecular complexity index is 1270. The molecular formula is C25H25ClN6S. The van der Waals surface area contributed by atoms with Crippen LogP contribution in [0.15, 0.2) is 65.2 Å². The van der Waals surface area contributed by atoms with Crippen molar-refractivity contribution in [2.24, 2.45) is 5.41 Å². The van der Waals surface area contributed by atoms with Crippen molar-refractivity contribution >= 4 is 34.8 Å². The smallest absolute Gasteiger partial charge is 0.154 e. The number of hydrogen-bond donors (Lipinski definition) is 0. The molecule has 1 saturated heterocycles. The number of rotatable bonds is 4. The van der Waals surface area contributed by atoms with Gasteiger partial charge in [0.25, 0.3) is 0 Å². The number of hydrogen-bond acceptors (Lipinski definition) is 6. The van der Waals surface area contributed by atoms with Crippen LogP contribution in [0, 0.1) is 5.41 Å². The molecule has 1 aromatic carbocycles. The van der Waals surface area contributed by atoms with Gasteiger partial charge in [0.2, 0.25) is 0 Å². The first-order valence-corrected chi connectivity index (χ1v) is 12.7. The summed E-state index contributed by atoms with van der Waals surface area (Å²) < 4.78 is 1.75. The molecule has 33 heavy (non-hydrogen) atoms. The number of aromatic nitrogens is 5. The molecular weight excluding hydrogens is 452 g/mol. The molecule has 168 valence electrons. The van der Waals surface area contributed by atoms with Crippen molar-refractivity contribution in [2.75, 3.05) is 18.0 Å². The molecule has 1 saturated carbocycles. The number of piperidine rings is 1. The van der Waals surface area contributed by atoms with Gasteiger partial charge in [-0.05, 0) is 37.2 Å². The van der Waals surface area contributed by atoms with Crippen LogP contribution in [0.25, 0.3) is 16.8 Å². The molecule has 0 unspecified atom stereocenters. The average Bonchev–Trinajstić information content (AvgIpc) is 3.51. The van der Waals surface area contributed by atoms with Crippen molar-refractivity contribution < 1.29 is 0 Å². The standard InChI is InChI=1S/C25H25ClN6S/c26-24-19(18-14-27-21-6-11-30-32(21)17-18)4-3-5-20(24)33-23-16-28-22(15-29-23)31-12-9-25(10-13-31)7-1-2-8-25/h3-6,11,14-17H,1-2,7-10,12-13H2. The van der Waals surface area contributed by atoms with E-state index in [-0.39, 0.29) is 0 Å². The summed E-state index contributed by atoms with van der Waals surface area (Å²) in [4.78, 5) is 17.2. The van der Waals surface area contributed by atoms with E-state index in [9.17, 15) is 0 Å². The monoisotopic (exact) mass is 476 g/mol. The molecule has 0 N–H and O–H groups in total. The summed E-state index contributed by atoms with van der Waals surface area (Å²) in [6, 6.07) is 7.89. The van der Waals surface area contributed by atoms with Crippen molar-refractivity contribution in [1.82, 2.24) is 24.6 Å². The summed E-state index contributed by atoms with van der Waals surface area (Å²) >= 11 is 8.33. The molecule has 1 spiro atoms. The van der Waals surface area contributed by atoms with Crippen LogP contribution in [0.4, 0.5) is 5.82 Å². The topological polar surface area (TPSA) is 59.2 Å². The number of benzene rings is 1. The Hall–Kier alpha value is -2.64. The van der Waals surface area contributed by atoms with Crippen LogP contribution in [0.5, 0.6) is 0 Å². The van der Waals surface area contributed by atoms with Gasteiger partial charge in [-0.1, -0.05) is 48.3 Å². The average molecular weight is 477 g/mol. The molecule has 2 fully saturated rings. The first kappa shape index (κ1) is 20.9. The largest absolute Gasteiger partial charge is 0.355 e. The van der Waals surface area contributed by atoms with Gasteiger partial charge in [0.1, 0.15) is 10.8 Å². The maximum absolute atomic E-state index is 6.80. The van der Waals surface area contributed by atoms with E-state index in [4.69, 9.17) is 16.6 Å². The van der Waals surface area contributed by atoms with Crippen molar-refractivity contribution in [3.63, 3.8) is 0 Å². The van der Waals surface area contributed by atoms with Crippen LogP contribution >= 0.6 is 23.4 Å². The van der Waals surface area contributed by atoms with Crippen LogP contribution in [-0.2, 0) is 0 Å². The Morgan fingerprint density at radius 3 is 2.55 bits per heavy atom. The summed E-state index contributed by atoms with van der Waals surface area (Å²) in [6.45, 7) is 2.17. The van der Waals surface area contributed by atoms with Crippen LogP contribution in [0.1, 0.15) is 38.5 Å². The van der Waals surface area contributed by atoms with Gasteiger partial charge in [0.05, 0.1) is 23.6 Å². The Morgan fingerprint density at radius 2 is 1.76 bits per heavy atom. The lowest BCUT2D eigenvalue weighted by Gasteiger charge is -2.39. The quantitative estimate of drug-likeness (QED) is 0.352. The maximum atomic E-state index is 6.80. The molecule has 4 heterocycles. The minimum absolute atomic E-state index is 0.610. The van der Waals surface area contributed by atoms with Gasteiger partial charge in [-0.15, -0.1) is 0 Å². The van der Waals surface area contributed by atoms with E-state index in [1.54, 1.807) is 10.7 Å². The second-order valence-electron chi connectivity index (χ2n) is 9.10. The minimum atomic E-state index is 0.610. The van der Waals surface area contributed by atoms with Gasteiger partial charge in [0.15, 0.2) is 5.65 Å². The zero-order valence-corrected chi connectivity index (χ0v) is 19.9. The first-order valence-electron chi connectivity index (χ1n) is 11.5. The first-order chi connectivity index (χ1) is 16.2. The predicted octanol–water partition coefficient (Wildman–Crippen LogP) is 6.15. The van der Waals surface area contributed by atoms with Crippen LogP contribution < -0.4 is 4.90 Å². The highest BCUT2D eigenvalue weighted by atomic mass is 35.5. The van der Waals surface area contributed by atoms with Gasteiger partial charge in [-0.25, -0.2) is 19.5 Å². The number of nitrogens with zero attached hydrogens (tertiary/aromatic N) is 6. The molecule has 0 atom stereocenters. The molecule has 0 amide bonds. The van der Waals surface area contributed by atoms with Crippen molar-refractivity contribution in [3.05, 3.63) is 60.3 Å². The highest BCUT2D eigenvalue weighted by molar-refractivity contribution is 7.99. The molecule has 6 rings (SSSR count). The molecule has 1 aliphatic heterocycles. The van der Waals surface area contributed by atoms with E-state index in [2.05, 4.69) is 20.0 Å². The van der Waals surface area contributed by atoms with Crippen LogP contribution in [-0.4, -0.2) is 37.7 Å². The van der Waals surface area contributed by atoms with Crippen molar-refractivity contribution in [3.8, 4) is 11.1 Å². The third kappa shape index (κ3) is 4.08. The third-order valence-electron chi connectivity index (χ3n) is 7.16. The van der Waals surface area contributed by atoms with E-state index in [1.807, 2.05) is 49.1 Å². The zero-order valence-electron chi connectivity index (χ0n) is 18.3. The lowest BCUT2D eigenvalue weighted by molar-refractivity contribution is 0.226. The second kappa shape index (κ2) is 8.61. The predicted molar refractivity (Wildman–Crippen MR) is 132 cm³/mol. The second-order valence-corrected chi connectivity index (χ2v) is 10.5. The summed E-state index contributed by atoms with van der Waals surface area (Å²) in [5, 5.41) is 5.79. The number of anilines is 1. The van der Waals surface area contributed by atoms with Gasteiger partial charge < -0.3 is 4.90 Å². The SMILES string of the molecule is Clc1c(Sc2cnc(N3CCC4(CCCC4)CC3)cn2)cccc1-c1cnc2ccnn2c1. The van der Waals surface area contributed by atoms with Gasteiger partial charge in [0, 0.05) is 47.6 Å². The summed E-state index contributed by atoms with van der Waals surface area (Å²) in [5.41, 5.74) is 3.26. The van der Waals surface area contributed by atoms with E-state index in [1.165, 1.54) is 50.3 Å². The third-order valence-corrected chi connectivity index (χ3v) is 8.66. The zero-order chi connectivity index (χ0) is 22.3. The molecule has 3 aromatic heterocycles. The summed E-state index contributed by atoms with van der Waals surface area (Å²) in [5.74, 6) is 0.977. The lowest BCUT2D eigenvalue weighted by Crippen LogP contribution is -2.39. The Balaban J connectivity index is 1.18. The van der Waals surface area contributed by atoms with Crippen LogP contribution in [0.2, 0.25) is 5.02 Å². The summed E-state index contributed by atoms with van der Waals surface area (Å²) in [7, 11) is 0. The summed E-state index contributed by atoms with van der Waals surface area (Å²) in [6.07, 6.45) is 17.5. The van der Waals surface area contributed by atoms with E-state index < -0.39 is 0 Å². The molecule has 1 aliphatic carbocycles. The molecule has 6 nitrogen and oxygen atoms in total. The van der Waals surface area contributed by atoms with Crippen molar-refractivity contribution in [1.29, 1.82) is 0 Å². The molecule has 4 aromatic rings. The Kier molecular flexibility index (Phi) is 5.46. The van der Waals surface area contributed by atoms with E-state index >= 15 is 0 Å². The molecule has 2 aliphatic rings.